The van der Waals surface area contributed by atoms with Gasteiger partial charge in [0.15, 0.2) is 0 Å². The van der Waals surface area contributed by atoms with Crippen molar-refractivity contribution >= 4 is 11.8 Å². The summed E-state index contributed by atoms with van der Waals surface area (Å²) in [4.78, 5) is 10.0. The molecule has 0 aliphatic rings. The van der Waals surface area contributed by atoms with E-state index in [0.717, 1.165) is 5.56 Å². The molecule has 4 nitrogen and oxygen atoms in total. The number of hydrogen-bond donors (Lipinski definition) is 2. The number of carboxylic acid groups (broad SMARTS) is 1. The third kappa shape index (κ3) is 8.28. The van der Waals surface area contributed by atoms with Crippen LogP contribution in [0.4, 0.5) is 10.5 Å². The van der Waals surface area contributed by atoms with Crippen molar-refractivity contribution in [3.8, 4) is 0 Å². The predicted octanol–water partition coefficient (Wildman–Crippen LogP) is 1.17. The second-order valence-electron chi connectivity index (χ2n) is 3.96. The highest BCUT2D eigenvalue weighted by atomic mass is 16.4. The van der Waals surface area contributed by atoms with E-state index >= 15 is 0 Å². The Labute approximate surface area is 103 Å². The molecule has 0 aliphatic carbocycles. The number of hydrogen-bond acceptors (Lipinski definition) is 2. The summed E-state index contributed by atoms with van der Waals surface area (Å²) in [6, 6.07) is 7.71. The fourth-order valence-electron chi connectivity index (χ4n) is 1.04. The molecule has 0 aliphatic heterocycles. The van der Waals surface area contributed by atoms with E-state index in [0.29, 0.717) is 11.7 Å². The molecule has 0 heterocycles. The van der Waals surface area contributed by atoms with Crippen LogP contribution in [-0.2, 0) is 0 Å². The number of carbonyl (C=O) groups excluding carboxylic acids is 1. The van der Waals surface area contributed by atoms with Gasteiger partial charge < -0.3 is 21.0 Å². The number of nitrogens with one attached hydrogen (secondary N) is 1. The Bertz CT molecular complexity index is 319. The summed E-state index contributed by atoms with van der Waals surface area (Å²) in [5, 5.41) is 12.2. The highest BCUT2D eigenvalue weighted by Gasteiger charge is 1.93. The monoisotopic (exact) mass is 238 g/mol. The molecule has 1 aromatic rings. The van der Waals surface area contributed by atoms with Gasteiger partial charge in [0.1, 0.15) is 6.09 Å². The van der Waals surface area contributed by atoms with Crippen LogP contribution in [0.1, 0.15) is 32.3 Å². The molecular formula is C13H22N2O2. The molecule has 1 rings (SSSR count). The van der Waals surface area contributed by atoms with E-state index in [1.165, 1.54) is 12.8 Å². The minimum absolute atomic E-state index is 0.538. The molecule has 0 spiro atoms. The summed E-state index contributed by atoms with van der Waals surface area (Å²) in [5.74, 6) is 0. The van der Waals surface area contributed by atoms with Crippen LogP contribution in [0, 0.1) is 6.92 Å². The highest BCUT2D eigenvalue weighted by Crippen LogP contribution is 2.07. The zero-order valence-corrected chi connectivity index (χ0v) is 10.8. The molecule has 0 radical (unpaired) electrons. The van der Waals surface area contributed by atoms with Crippen LogP contribution < -0.4 is 16.2 Å². The number of anilines is 1. The molecule has 0 bridgehead atoms. The molecule has 0 unspecified atom stereocenters. The van der Waals surface area contributed by atoms with Crippen LogP contribution in [-0.4, -0.2) is 12.1 Å². The Morgan fingerprint density at radius 1 is 1.29 bits per heavy atom. The molecule has 4 heteroatoms. The predicted molar refractivity (Wildman–Crippen MR) is 67.5 cm³/mol. The first kappa shape index (κ1) is 15.4. The molecule has 1 aromatic carbocycles. The average molecular weight is 238 g/mol. The van der Waals surface area contributed by atoms with Gasteiger partial charge in [-0.2, -0.15) is 0 Å². The van der Waals surface area contributed by atoms with Crippen LogP contribution in [0.3, 0.4) is 0 Å². The molecule has 4 N–H and O–H groups in total. The summed E-state index contributed by atoms with van der Waals surface area (Å²) in [7, 11) is 0. The van der Waals surface area contributed by atoms with E-state index in [2.05, 4.69) is 24.9 Å². The van der Waals surface area contributed by atoms with Gasteiger partial charge >= 0.3 is 0 Å². The van der Waals surface area contributed by atoms with Gasteiger partial charge in [-0.05, 0) is 31.9 Å². The highest BCUT2D eigenvalue weighted by molar-refractivity contribution is 5.80. The van der Waals surface area contributed by atoms with Gasteiger partial charge in [0.25, 0.3) is 0 Å². The molecule has 0 saturated heterocycles. The lowest BCUT2D eigenvalue weighted by molar-refractivity contribution is -0.420. The number of rotatable bonds is 3. The fraction of sp³-hybridized carbons (Fsp3) is 0.462. The van der Waals surface area contributed by atoms with Crippen molar-refractivity contribution in [2.45, 2.75) is 39.7 Å². The Kier molecular flexibility index (Phi) is 7.80. The minimum Gasteiger partial charge on any atom is -0.530 e. The molecule has 96 valence electrons. The quantitative estimate of drug-likeness (QED) is 0.829. The number of carbonyl (C=O) groups is 1. The second kappa shape index (κ2) is 8.58. The van der Waals surface area contributed by atoms with Crippen LogP contribution in [0.5, 0.6) is 0 Å². The minimum atomic E-state index is -1.28. The smallest absolute Gasteiger partial charge is 0.138 e. The van der Waals surface area contributed by atoms with E-state index < -0.39 is 6.09 Å². The average Bonchev–Trinajstić information content (AvgIpc) is 2.31. The van der Waals surface area contributed by atoms with Crippen molar-refractivity contribution in [1.82, 2.24) is 0 Å². The summed E-state index contributed by atoms with van der Waals surface area (Å²) in [6.45, 7) is 6.27. The Hall–Kier alpha value is -1.55. The third-order valence-corrected chi connectivity index (χ3v) is 2.45. The molecule has 0 atom stereocenters. The van der Waals surface area contributed by atoms with Gasteiger partial charge in [0.2, 0.25) is 0 Å². The SMILES string of the molecule is CCC([NH3+])CC.Cc1ccc(NC(=O)[O-])cc1. The number of benzene rings is 1. The first-order valence-electron chi connectivity index (χ1n) is 5.87. The Morgan fingerprint density at radius 3 is 2.06 bits per heavy atom. The summed E-state index contributed by atoms with van der Waals surface area (Å²) in [5.41, 5.74) is 5.50. The van der Waals surface area contributed by atoms with E-state index in [4.69, 9.17) is 0 Å². The first-order chi connectivity index (χ1) is 7.99. The lowest BCUT2D eigenvalue weighted by atomic mass is 10.2. The molecule has 1 amide bonds. The van der Waals surface area contributed by atoms with E-state index in [1.54, 1.807) is 12.1 Å². The summed E-state index contributed by atoms with van der Waals surface area (Å²) >= 11 is 0. The Morgan fingerprint density at radius 2 is 1.76 bits per heavy atom. The summed E-state index contributed by atoms with van der Waals surface area (Å²) < 4.78 is 0. The van der Waals surface area contributed by atoms with Crippen molar-refractivity contribution in [2.75, 3.05) is 5.32 Å². The van der Waals surface area contributed by atoms with E-state index in [1.807, 2.05) is 19.1 Å². The third-order valence-electron chi connectivity index (χ3n) is 2.45. The molecule has 0 fully saturated rings. The lowest BCUT2D eigenvalue weighted by Gasteiger charge is -2.05. The van der Waals surface area contributed by atoms with Crippen molar-refractivity contribution in [2.24, 2.45) is 0 Å². The van der Waals surface area contributed by atoms with Gasteiger partial charge in [-0.25, -0.2) is 0 Å². The summed E-state index contributed by atoms with van der Waals surface area (Å²) in [6.07, 6.45) is 1.15. The van der Waals surface area contributed by atoms with Crippen molar-refractivity contribution in [3.05, 3.63) is 29.8 Å². The van der Waals surface area contributed by atoms with Gasteiger partial charge in [-0.1, -0.05) is 31.5 Å². The van der Waals surface area contributed by atoms with Crippen LogP contribution in [0.15, 0.2) is 24.3 Å². The number of amides is 1. The molecular weight excluding hydrogens is 216 g/mol. The van der Waals surface area contributed by atoms with E-state index in [9.17, 15) is 9.90 Å². The molecule has 0 saturated carbocycles. The van der Waals surface area contributed by atoms with Gasteiger partial charge in [-0.3, -0.25) is 0 Å². The maximum atomic E-state index is 10.0. The van der Waals surface area contributed by atoms with Crippen LogP contribution in [0.25, 0.3) is 0 Å². The second-order valence-corrected chi connectivity index (χ2v) is 3.96. The molecule has 17 heavy (non-hydrogen) atoms. The normalized spacial score (nSPS) is 9.47. The maximum Gasteiger partial charge on any atom is 0.138 e. The maximum absolute atomic E-state index is 10.0. The van der Waals surface area contributed by atoms with Crippen molar-refractivity contribution in [1.29, 1.82) is 0 Å². The lowest BCUT2D eigenvalue weighted by Crippen LogP contribution is -2.60. The largest absolute Gasteiger partial charge is 0.530 e. The van der Waals surface area contributed by atoms with Gasteiger partial charge in [0.05, 0.1) is 6.04 Å². The van der Waals surface area contributed by atoms with Gasteiger partial charge in [0, 0.05) is 5.69 Å². The van der Waals surface area contributed by atoms with Crippen LogP contribution >= 0.6 is 0 Å². The number of aryl methyl sites for hydroxylation is 1. The van der Waals surface area contributed by atoms with Crippen molar-refractivity contribution < 1.29 is 15.6 Å². The zero-order chi connectivity index (χ0) is 13.3. The standard InChI is InChI=1S/C8H9NO2.C5H13N/c1-6-2-4-7(5-3-6)9-8(10)11;1-3-5(6)4-2/h2-5,9H,1H3,(H,10,11);5H,3-4,6H2,1-2H3. The van der Waals surface area contributed by atoms with Gasteiger partial charge in [-0.15, -0.1) is 0 Å². The Balaban J connectivity index is 0.000000366. The topological polar surface area (TPSA) is 79.8 Å². The zero-order valence-electron chi connectivity index (χ0n) is 10.8. The van der Waals surface area contributed by atoms with E-state index in [-0.39, 0.29) is 0 Å². The fourth-order valence-corrected chi connectivity index (χ4v) is 1.04. The van der Waals surface area contributed by atoms with Crippen molar-refractivity contribution in [3.63, 3.8) is 0 Å². The van der Waals surface area contributed by atoms with Crippen LogP contribution in [0.2, 0.25) is 0 Å². The molecule has 0 aromatic heterocycles. The first-order valence-corrected chi connectivity index (χ1v) is 5.87. The number of quaternary nitrogens is 1.